The molecule has 3 nitrogen and oxygen atoms in total. The van der Waals surface area contributed by atoms with Gasteiger partial charge in [0, 0.05) is 13.7 Å². The monoisotopic (exact) mass is 267 g/mol. The lowest BCUT2D eigenvalue weighted by atomic mass is 10.2. The zero-order chi connectivity index (χ0) is 12.1. The van der Waals surface area contributed by atoms with Crippen molar-refractivity contribution in [2.75, 3.05) is 13.7 Å². The molecule has 2 heterocycles. The van der Waals surface area contributed by atoms with Gasteiger partial charge in [-0.25, -0.2) is 0 Å². The second-order valence-corrected chi connectivity index (χ2v) is 5.20. The van der Waals surface area contributed by atoms with E-state index in [1.54, 1.807) is 18.4 Å². The minimum Gasteiger partial charge on any atom is -0.375 e. The molecule has 1 N–H and O–H groups in total. The van der Waals surface area contributed by atoms with Crippen LogP contribution in [0.5, 0.6) is 0 Å². The van der Waals surface area contributed by atoms with Crippen LogP contribution in [0.15, 0.2) is 34.3 Å². The minimum atomic E-state index is -0.0786. The fourth-order valence-electron chi connectivity index (χ4n) is 1.48. The van der Waals surface area contributed by atoms with Crippen molar-refractivity contribution in [1.82, 2.24) is 5.32 Å². The Balaban J connectivity index is 1.91. The van der Waals surface area contributed by atoms with Gasteiger partial charge in [-0.2, -0.15) is 11.3 Å². The van der Waals surface area contributed by atoms with Crippen molar-refractivity contribution in [3.05, 3.63) is 44.8 Å². The van der Waals surface area contributed by atoms with E-state index in [2.05, 4.69) is 5.32 Å². The molecule has 0 radical (unpaired) electrons. The zero-order valence-electron chi connectivity index (χ0n) is 9.38. The summed E-state index contributed by atoms with van der Waals surface area (Å²) in [5, 5.41) is 8.80. The normalized spacial score (nSPS) is 12.3. The van der Waals surface area contributed by atoms with E-state index in [0.717, 1.165) is 10.4 Å². The molecule has 2 rings (SSSR count). The van der Waals surface area contributed by atoms with Crippen molar-refractivity contribution in [1.29, 1.82) is 0 Å². The number of carbonyl (C=O) groups is 1. The summed E-state index contributed by atoms with van der Waals surface area (Å²) in [6.45, 7) is 0.490. The molecule has 0 aliphatic carbocycles. The molecule has 1 atom stereocenters. The lowest BCUT2D eigenvalue weighted by Gasteiger charge is -2.14. The maximum absolute atomic E-state index is 11.7. The lowest BCUT2D eigenvalue weighted by Crippen LogP contribution is -2.28. The quantitative estimate of drug-likeness (QED) is 0.904. The number of carbonyl (C=O) groups excluding carboxylic acids is 1. The predicted octanol–water partition coefficient (Wildman–Crippen LogP) is 2.93. The number of amides is 1. The Morgan fingerprint density at radius 1 is 1.47 bits per heavy atom. The van der Waals surface area contributed by atoms with Crippen molar-refractivity contribution in [3.63, 3.8) is 0 Å². The van der Waals surface area contributed by atoms with Crippen molar-refractivity contribution in [2.24, 2.45) is 0 Å². The van der Waals surface area contributed by atoms with Crippen LogP contribution in [0.25, 0.3) is 0 Å². The highest BCUT2D eigenvalue weighted by atomic mass is 32.1. The molecular weight excluding hydrogens is 254 g/mol. The number of rotatable bonds is 5. The standard InChI is InChI=1S/C12H13NO2S2/c1-15-10(9-4-6-16-8-9)7-13-12(14)11-3-2-5-17-11/h2-6,8,10H,7H2,1H3,(H,13,14). The summed E-state index contributed by atoms with van der Waals surface area (Å²) in [7, 11) is 1.65. The topological polar surface area (TPSA) is 38.3 Å². The molecule has 17 heavy (non-hydrogen) atoms. The third-order valence-corrected chi connectivity index (χ3v) is 3.96. The van der Waals surface area contributed by atoms with Gasteiger partial charge in [-0.05, 0) is 33.8 Å². The van der Waals surface area contributed by atoms with Gasteiger partial charge in [0.05, 0.1) is 4.88 Å². The van der Waals surface area contributed by atoms with E-state index in [-0.39, 0.29) is 12.0 Å². The number of methoxy groups -OCH3 is 1. The first kappa shape index (κ1) is 12.3. The van der Waals surface area contributed by atoms with Gasteiger partial charge in [0.1, 0.15) is 6.10 Å². The summed E-state index contributed by atoms with van der Waals surface area (Å²) >= 11 is 3.06. The van der Waals surface area contributed by atoms with Gasteiger partial charge in [-0.1, -0.05) is 6.07 Å². The molecule has 0 saturated carbocycles. The van der Waals surface area contributed by atoms with E-state index < -0.39 is 0 Å². The summed E-state index contributed by atoms with van der Waals surface area (Å²) in [6.07, 6.45) is -0.0786. The van der Waals surface area contributed by atoms with Crippen LogP contribution in [0.2, 0.25) is 0 Å². The van der Waals surface area contributed by atoms with Crippen LogP contribution in [0.1, 0.15) is 21.3 Å². The van der Waals surface area contributed by atoms with Crippen molar-refractivity contribution >= 4 is 28.6 Å². The average molecular weight is 267 g/mol. The van der Waals surface area contributed by atoms with Crippen molar-refractivity contribution in [2.45, 2.75) is 6.10 Å². The Bertz CT molecular complexity index is 451. The minimum absolute atomic E-state index is 0.0442. The maximum atomic E-state index is 11.7. The van der Waals surface area contributed by atoms with Gasteiger partial charge in [0.25, 0.3) is 5.91 Å². The Kier molecular flexibility index (Phi) is 4.30. The second kappa shape index (κ2) is 5.95. The Morgan fingerprint density at radius 3 is 2.94 bits per heavy atom. The Labute approximate surface area is 108 Å². The van der Waals surface area contributed by atoms with E-state index in [9.17, 15) is 4.79 Å². The van der Waals surface area contributed by atoms with E-state index in [0.29, 0.717) is 6.54 Å². The molecule has 1 unspecified atom stereocenters. The number of ether oxygens (including phenoxy) is 1. The highest BCUT2D eigenvalue weighted by Crippen LogP contribution is 2.18. The zero-order valence-corrected chi connectivity index (χ0v) is 11.0. The molecule has 0 aliphatic heterocycles. The van der Waals surface area contributed by atoms with Crippen LogP contribution in [-0.2, 0) is 4.74 Å². The molecule has 0 fully saturated rings. The molecule has 0 bridgehead atoms. The van der Waals surface area contributed by atoms with Crippen molar-refractivity contribution < 1.29 is 9.53 Å². The smallest absolute Gasteiger partial charge is 0.261 e. The Hall–Kier alpha value is -1.17. The summed E-state index contributed by atoms with van der Waals surface area (Å²) in [5.41, 5.74) is 1.10. The summed E-state index contributed by atoms with van der Waals surface area (Å²) in [6, 6.07) is 5.69. The number of nitrogens with one attached hydrogen (secondary N) is 1. The third-order valence-electron chi connectivity index (χ3n) is 2.39. The largest absolute Gasteiger partial charge is 0.375 e. The van der Waals surface area contributed by atoms with Crippen LogP contribution in [-0.4, -0.2) is 19.6 Å². The lowest BCUT2D eigenvalue weighted by molar-refractivity contribution is 0.0832. The third kappa shape index (κ3) is 3.15. The number of hydrogen-bond acceptors (Lipinski definition) is 4. The van der Waals surface area contributed by atoms with Crippen LogP contribution < -0.4 is 5.32 Å². The number of thiophene rings is 2. The number of hydrogen-bond donors (Lipinski definition) is 1. The van der Waals surface area contributed by atoms with Gasteiger partial charge in [-0.3, -0.25) is 4.79 Å². The van der Waals surface area contributed by atoms with Crippen molar-refractivity contribution in [3.8, 4) is 0 Å². The van der Waals surface area contributed by atoms with E-state index in [1.165, 1.54) is 11.3 Å². The fourth-order valence-corrected chi connectivity index (χ4v) is 2.82. The fraction of sp³-hybridized carbons (Fsp3) is 0.250. The summed E-state index contributed by atoms with van der Waals surface area (Å²) in [5.74, 6) is -0.0442. The first-order chi connectivity index (χ1) is 8.31. The van der Waals surface area contributed by atoms with Crippen LogP contribution in [0.4, 0.5) is 0 Å². The van der Waals surface area contributed by atoms with Gasteiger partial charge in [-0.15, -0.1) is 11.3 Å². The highest BCUT2D eigenvalue weighted by Gasteiger charge is 2.13. The predicted molar refractivity (Wildman–Crippen MR) is 70.7 cm³/mol. The summed E-state index contributed by atoms with van der Waals surface area (Å²) in [4.78, 5) is 12.5. The average Bonchev–Trinajstić information content (AvgIpc) is 3.02. The second-order valence-electron chi connectivity index (χ2n) is 3.47. The molecule has 0 saturated heterocycles. The molecule has 90 valence electrons. The van der Waals surface area contributed by atoms with Gasteiger partial charge in [0.2, 0.25) is 0 Å². The van der Waals surface area contributed by atoms with Crippen LogP contribution in [0, 0.1) is 0 Å². The highest BCUT2D eigenvalue weighted by molar-refractivity contribution is 7.12. The molecular formula is C12H13NO2S2. The summed E-state index contributed by atoms with van der Waals surface area (Å²) < 4.78 is 5.36. The Morgan fingerprint density at radius 2 is 2.35 bits per heavy atom. The molecule has 2 aromatic rings. The maximum Gasteiger partial charge on any atom is 0.261 e. The molecule has 5 heteroatoms. The molecule has 0 spiro atoms. The van der Waals surface area contributed by atoms with Gasteiger partial charge >= 0.3 is 0 Å². The van der Waals surface area contributed by atoms with Gasteiger partial charge in [0.15, 0.2) is 0 Å². The van der Waals surface area contributed by atoms with Crippen LogP contribution in [0.3, 0.4) is 0 Å². The molecule has 0 aliphatic rings. The first-order valence-electron chi connectivity index (χ1n) is 5.18. The molecule has 2 aromatic heterocycles. The van der Waals surface area contributed by atoms with E-state index >= 15 is 0 Å². The van der Waals surface area contributed by atoms with E-state index in [4.69, 9.17) is 4.74 Å². The van der Waals surface area contributed by atoms with Crippen LogP contribution >= 0.6 is 22.7 Å². The first-order valence-corrected chi connectivity index (χ1v) is 7.00. The van der Waals surface area contributed by atoms with Gasteiger partial charge < -0.3 is 10.1 Å². The SMILES string of the molecule is COC(CNC(=O)c1cccs1)c1ccsc1. The molecule has 1 amide bonds. The van der Waals surface area contributed by atoms with E-state index in [1.807, 2.05) is 34.3 Å². The molecule has 0 aromatic carbocycles.